The molecule has 2 aromatic rings. The second-order valence-electron chi connectivity index (χ2n) is 11.0. The number of carbonyl (C=O) groups is 3. The van der Waals surface area contributed by atoms with Gasteiger partial charge in [-0.05, 0) is 69.8 Å². The average Bonchev–Trinajstić information content (AvgIpc) is 3.48. The summed E-state index contributed by atoms with van der Waals surface area (Å²) in [6, 6.07) is 1.79. The van der Waals surface area contributed by atoms with E-state index in [4.69, 9.17) is 5.73 Å². The fourth-order valence-electron chi connectivity index (χ4n) is 6.69. The predicted molar refractivity (Wildman–Crippen MR) is 129 cm³/mol. The van der Waals surface area contributed by atoms with Gasteiger partial charge >= 0.3 is 0 Å². The van der Waals surface area contributed by atoms with E-state index < -0.39 is 10.8 Å². The standard InChI is InChI=1S/C25H33N7O3/c1-24(2,23(35)27-3)5-8-32-21(31-7-4-6-28-31)18(14-29-32)20(33)30-19-16-9-15-10-17(19)13-25(11-15,12-16)22(26)34/h4-8,14-17,19H,9-13H2,1-3H3,(H2,26,34)(H,27,35)(H,30,33)/b8-5+/t15?,16?,17?,19-,25-. The molecule has 0 radical (unpaired) electrons. The molecule has 3 amide bonds. The van der Waals surface area contributed by atoms with Crippen molar-refractivity contribution in [2.24, 2.45) is 34.3 Å². The molecule has 4 N–H and O–H groups in total. The third-order valence-corrected chi connectivity index (χ3v) is 8.27. The first-order chi connectivity index (χ1) is 16.6. The van der Waals surface area contributed by atoms with Crippen molar-refractivity contribution in [2.75, 3.05) is 7.05 Å². The summed E-state index contributed by atoms with van der Waals surface area (Å²) in [6.07, 6.45) is 12.8. The summed E-state index contributed by atoms with van der Waals surface area (Å²) in [5, 5.41) is 14.7. The van der Waals surface area contributed by atoms with E-state index in [1.54, 1.807) is 61.0 Å². The Morgan fingerprint density at radius 2 is 1.89 bits per heavy atom. The minimum Gasteiger partial charge on any atom is -0.369 e. The molecule has 2 aromatic heterocycles. The van der Waals surface area contributed by atoms with Crippen LogP contribution in [0.4, 0.5) is 0 Å². The normalized spacial score (nSPS) is 29.5. The minimum absolute atomic E-state index is 0.0167. The maximum absolute atomic E-state index is 13.6. The summed E-state index contributed by atoms with van der Waals surface area (Å²) in [7, 11) is 1.60. The molecule has 0 aromatic carbocycles. The molecule has 0 aliphatic heterocycles. The third kappa shape index (κ3) is 3.94. The van der Waals surface area contributed by atoms with Crippen LogP contribution in [0.1, 0.15) is 56.3 Å². The monoisotopic (exact) mass is 479 g/mol. The number of carbonyl (C=O) groups excluding carboxylic acids is 3. The third-order valence-electron chi connectivity index (χ3n) is 8.27. The van der Waals surface area contributed by atoms with Gasteiger partial charge in [-0.15, -0.1) is 0 Å². The van der Waals surface area contributed by atoms with Gasteiger partial charge in [-0.25, -0.2) is 9.36 Å². The Hall–Kier alpha value is -3.43. The van der Waals surface area contributed by atoms with Crippen molar-refractivity contribution in [3.05, 3.63) is 36.3 Å². The summed E-state index contributed by atoms with van der Waals surface area (Å²) in [5.41, 5.74) is 5.05. The number of nitrogens with two attached hydrogens (primary N) is 1. The first kappa shape index (κ1) is 23.3. The van der Waals surface area contributed by atoms with Crippen molar-refractivity contribution in [3.63, 3.8) is 0 Å². The molecule has 35 heavy (non-hydrogen) atoms. The second kappa shape index (κ2) is 8.35. The van der Waals surface area contributed by atoms with Crippen LogP contribution in [0.3, 0.4) is 0 Å². The molecule has 4 bridgehead atoms. The van der Waals surface area contributed by atoms with Crippen LogP contribution in [0.25, 0.3) is 12.0 Å². The lowest BCUT2D eigenvalue weighted by Crippen LogP contribution is -2.62. The zero-order valence-corrected chi connectivity index (χ0v) is 20.4. The molecule has 186 valence electrons. The van der Waals surface area contributed by atoms with Gasteiger partial charge in [0.1, 0.15) is 5.56 Å². The van der Waals surface area contributed by atoms with E-state index in [1.165, 1.54) is 6.20 Å². The average molecular weight is 480 g/mol. The van der Waals surface area contributed by atoms with Gasteiger partial charge < -0.3 is 16.4 Å². The Bertz CT molecular complexity index is 1160. The van der Waals surface area contributed by atoms with E-state index >= 15 is 0 Å². The highest BCUT2D eigenvalue weighted by molar-refractivity contribution is 5.97. The highest BCUT2D eigenvalue weighted by Crippen LogP contribution is 2.59. The van der Waals surface area contributed by atoms with Crippen molar-refractivity contribution >= 4 is 23.9 Å². The zero-order chi connectivity index (χ0) is 25.0. The molecule has 4 aliphatic carbocycles. The highest BCUT2D eigenvalue weighted by Gasteiger charge is 2.58. The Balaban J connectivity index is 1.41. The molecule has 2 atom stereocenters. The van der Waals surface area contributed by atoms with E-state index in [9.17, 15) is 14.4 Å². The fraction of sp³-hybridized carbons (Fsp3) is 0.560. The van der Waals surface area contributed by atoms with Crippen molar-refractivity contribution in [2.45, 2.75) is 52.0 Å². The van der Waals surface area contributed by atoms with Crippen molar-refractivity contribution < 1.29 is 14.4 Å². The molecule has 2 heterocycles. The molecule has 10 heteroatoms. The van der Waals surface area contributed by atoms with Crippen LogP contribution in [0.15, 0.2) is 30.7 Å². The van der Waals surface area contributed by atoms with Gasteiger partial charge in [0.15, 0.2) is 5.82 Å². The molecule has 2 unspecified atom stereocenters. The topological polar surface area (TPSA) is 137 Å². The summed E-state index contributed by atoms with van der Waals surface area (Å²) < 4.78 is 3.16. The van der Waals surface area contributed by atoms with Crippen LogP contribution >= 0.6 is 0 Å². The summed E-state index contributed by atoms with van der Waals surface area (Å²) in [4.78, 5) is 38.0. The number of nitrogens with one attached hydrogen (secondary N) is 2. The molecular weight excluding hydrogens is 446 g/mol. The van der Waals surface area contributed by atoms with Crippen molar-refractivity contribution in [1.29, 1.82) is 0 Å². The highest BCUT2D eigenvalue weighted by atomic mass is 16.2. The number of hydrogen-bond acceptors (Lipinski definition) is 5. The van der Waals surface area contributed by atoms with Crippen LogP contribution in [-0.2, 0) is 9.59 Å². The summed E-state index contributed by atoms with van der Waals surface area (Å²) in [6.45, 7) is 3.61. The van der Waals surface area contributed by atoms with E-state index in [-0.39, 0.29) is 35.6 Å². The number of rotatable bonds is 7. The Labute approximate surface area is 204 Å². The number of aromatic nitrogens is 4. The SMILES string of the molecule is CNC(=O)C(C)(C)/C=C/n1ncc(C(=O)N[C@H]2C3CC4CC2C[C@](C(N)=O)(C4)C3)c1-n1cccn1. The largest absolute Gasteiger partial charge is 0.369 e. The lowest BCUT2D eigenvalue weighted by atomic mass is 9.47. The lowest BCUT2D eigenvalue weighted by molar-refractivity contribution is -0.145. The molecule has 0 saturated heterocycles. The van der Waals surface area contributed by atoms with E-state index in [0.717, 1.165) is 32.1 Å². The van der Waals surface area contributed by atoms with Gasteiger partial charge in [-0.1, -0.05) is 6.08 Å². The fourth-order valence-corrected chi connectivity index (χ4v) is 6.69. The molecule has 4 aliphatic rings. The maximum atomic E-state index is 13.6. The van der Waals surface area contributed by atoms with Gasteiger partial charge in [-0.3, -0.25) is 14.4 Å². The lowest BCUT2D eigenvalue weighted by Gasteiger charge is -2.58. The van der Waals surface area contributed by atoms with Gasteiger partial charge in [0, 0.05) is 37.1 Å². The predicted octanol–water partition coefficient (Wildman–Crippen LogP) is 1.72. The maximum Gasteiger partial charge on any atom is 0.257 e. The summed E-state index contributed by atoms with van der Waals surface area (Å²) in [5.74, 6) is 0.998. The molecule has 4 saturated carbocycles. The zero-order valence-electron chi connectivity index (χ0n) is 20.4. The molecule has 6 rings (SSSR count). The number of amides is 3. The number of nitrogens with zero attached hydrogens (tertiary/aromatic N) is 4. The first-order valence-electron chi connectivity index (χ1n) is 12.2. The van der Waals surface area contributed by atoms with E-state index in [2.05, 4.69) is 20.8 Å². The van der Waals surface area contributed by atoms with Crippen molar-refractivity contribution in [3.8, 4) is 5.82 Å². The first-order valence-corrected chi connectivity index (χ1v) is 12.2. The van der Waals surface area contributed by atoms with Crippen LogP contribution in [0.2, 0.25) is 0 Å². The Morgan fingerprint density at radius 3 is 2.49 bits per heavy atom. The molecule has 10 nitrogen and oxygen atoms in total. The van der Waals surface area contributed by atoms with Crippen LogP contribution in [0, 0.1) is 28.6 Å². The van der Waals surface area contributed by atoms with E-state index in [1.807, 2.05) is 0 Å². The smallest absolute Gasteiger partial charge is 0.257 e. The summed E-state index contributed by atoms with van der Waals surface area (Å²) >= 11 is 0. The van der Waals surface area contributed by atoms with Gasteiger partial charge in [0.2, 0.25) is 11.8 Å². The molecule has 0 spiro atoms. The quantitative estimate of drug-likeness (QED) is 0.555. The molecule has 4 fully saturated rings. The van der Waals surface area contributed by atoms with Gasteiger partial charge in [-0.2, -0.15) is 10.2 Å². The second-order valence-corrected chi connectivity index (χ2v) is 11.0. The van der Waals surface area contributed by atoms with Crippen LogP contribution in [0.5, 0.6) is 0 Å². The van der Waals surface area contributed by atoms with E-state index in [0.29, 0.717) is 17.3 Å². The minimum atomic E-state index is -0.763. The Kier molecular flexibility index (Phi) is 5.56. The van der Waals surface area contributed by atoms with Crippen molar-refractivity contribution in [1.82, 2.24) is 30.2 Å². The number of hydrogen-bond donors (Lipinski definition) is 3. The van der Waals surface area contributed by atoms with Gasteiger partial charge in [0.05, 0.1) is 11.6 Å². The molecular formula is C25H33N7O3. The Morgan fingerprint density at radius 1 is 1.17 bits per heavy atom. The van der Waals surface area contributed by atoms with Crippen LogP contribution < -0.4 is 16.4 Å². The number of primary amides is 1. The van der Waals surface area contributed by atoms with Gasteiger partial charge in [0.25, 0.3) is 5.91 Å². The van der Waals surface area contributed by atoms with Crippen LogP contribution in [-0.4, -0.2) is 50.4 Å².